The highest BCUT2D eigenvalue weighted by molar-refractivity contribution is 5.14. The van der Waals surface area contributed by atoms with Crippen molar-refractivity contribution in [2.24, 2.45) is 11.7 Å². The molecule has 0 spiro atoms. The third kappa shape index (κ3) is 3.82. The molecule has 0 aromatic heterocycles. The maximum atomic E-state index is 6.56. The Bertz CT molecular complexity index is 363. The van der Waals surface area contributed by atoms with E-state index in [-0.39, 0.29) is 5.54 Å². The Morgan fingerprint density at radius 1 is 1.33 bits per heavy atom. The predicted octanol–water partition coefficient (Wildman–Crippen LogP) is 3.03. The van der Waals surface area contributed by atoms with Gasteiger partial charge in [0.1, 0.15) is 0 Å². The minimum absolute atomic E-state index is 0.0290. The molecule has 2 N–H and O–H groups in total. The van der Waals surface area contributed by atoms with Gasteiger partial charge in [0.05, 0.1) is 0 Å². The molecule has 1 fully saturated rings. The van der Waals surface area contributed by atoms with Gasteiger partial charge >= 0.3 is 0 Å². The van der Waals surface area contributed by atoms with Gasteiger partial charge in [0.15, 0.2) is 0 Å². The molecule has 18 heavy (non-hydrogen) atoms. The first-order chi connectivity index (χ1) is 8.57. The van der Waals surface area contributed by atoms with Crippen molar-refractivity contribution < 1.29 is 0 Å². The van der Waals surface area contributed by atoms with Gasteiger partial charge < -0.3 is 10.6 Å². The average Bonchev–Trinajstić information content (AvgIpc) is 2.28. The molecule has 0 bridgehead atoms. The van der Waals surface area contributed by atoms with E-state index < -0.39 is 0 Å². The lowest BCUT2D eigenvalue weighted by Gasteiger charge is -2.39. The van der Waals surface area contributed by atoms with Gasteiger partial charge in [-0.05, 0) is 31.4 Å². The third-order valence-corrected chi connectivity index (χ3v) is 4.01. The maximum absolute atomic E-state index is 6.56. The van der Waals surface area contributed by atoms with Crippen LogP contribution in [0.3, 0.4) is 0 Å². The largest absolute Gasteiger partial charge is 0.324 e. The summed E-state index contributed by atoms with van der Waals surface area (Å²) >= 11 is 0. The highest BCUT2D eigenvalue weighted by Gasteiger charge is 2.31. The SMILES string of the molecule is CC1CCCC(N)(CN(C)Cc2ccccc2)C1. The fourth-order valence-electron chi connectivity index (χ4n) is 3.33. The Morgan fingerprint density at radius 3 is 2.72 bits per heavy atom. The van der Waals surface area contributed by atoms with Crippen LogP contribution in [-0.2, 0) is 6.54 Å². The number of nitrogens with two attached hydrogens (primary N) is 1. The van der Waals surface area contributed by atoms with E-state index in [4.69, 9.17) is 5.73 Å². The number of nitrogens with zero attached hydrogens (tertiary/aromatic N) is 1. The molecular formula is C16H26N2. The molecule has 2 heteroatoms. The van der Waals surface area contributed by atoms with Gasteiger partial charge in [-0.3, -0.25) is 0 Å². The lowest BCUT2D eigenvalue weighted by molar-refractivity contribution is 0.165. The molecule has 2 unspecified atom stereocenters. The molecular weight excluding hydrogens is 220 g/mol. The van der Waals surface area contributed by atoms with Crippen LogP contribution in [0.4, 0.5) is 0 Å². The van der Waals surface area contributed by atoms with Crippen LogP contribution < -0.4 is 5.73 Å². The van der Waals surface area contributed by atoms with Crippen molar-refractivity contribution in [1.82, 2.24) is 4.90 Å². The monoisotopic (exact) mass is 246 g/mol. The average molecular weight is 246 g/mol. The van der Waals surface area contributed by atoms with Crippen LogP contribution in [0.1, 0.15) is 38.2 Å². The van der Waals surface area contributed by atoms with Crippen LogP contribution in [0.5, 0.6) is 0 Å². The molecule has 1 aliphatic carbocycles. The molecule has 1 saturated carbocycles. The maximum Gasteiger partial charge on any atom is 0.0285 e. The summed E-state index contributed by atoms with van der Waals surface area (Å²) in [4.78, 5) is 2.37. The van der Waals surface area contributed by atoms with Gasteiger partial charge in [-0.1, -0.05) is 50.1 Å². The van der Waals surface area contributed by atoms with Crippen molar-refractivity contribution in [2.75, 3.05) is 13.6 Å². The van der Waals surface area contributed by atoms with Crippen LogP contribution in [0.2, 0.25) is 0 Å². The predicted molar refractivity (Wildman–Crippen MR) is 77.3 cm³/mol. The Kier molecular flexibility index (Phi) is 4.41. The number of benzene rings is 1. The van der Waals surface area contributed by atoms with Gasteiger partial charge in [0.25, 0.3) is 0 Å². The van der Waals surface area contributed by atoms with Gasteiger partial charge in [0, 0.05) is 18.6 Å². The van der Waals surface area contributed by atoms with Crippen LogP contribution in [0.15, 0.2) is 30.3 Å². The van der Waals surface area contributed by atoms with Gasteiger partial charge in [-0.15, -0.1) is 0 Å². The van der Waals surface area contributed by atoms with Crippen molar-refractivity contribution in [3.05, 3.63) is 35.9 Å². The molecule has 0 radical (unpaired) electrons. The molecule has 1 aromatic carbocycles. The lowest BCUT2D eigenvalue weighted by atomic mass is 9.77. The van der Waals surface area contributed by atoms with E-state index in [0.29, 0.717) is 0 Å². The van der Waals surface area contributed by atoms with Crippen LogP contribution in [0, 0.1) is 5.92 Å². The highest BCUT2D eigenvalue weighted by Crippen LogP contribution is 2.31. The zero-order valence-corrected chi connectivity index (χ0v) is 11.7. The van der Waals surface area contributed by atoms with Crippen molar-refractivity contribution in [1.29, 1.82) is 0 Å². The van der Waals surface area contributed by atoms with E-state index in [1.807, 2.05) is 0 Å². The van der Waals surface area contributed by atoms with E-state index in [1.54, 1.807) is 0 Å². The van der Waals surface area contributed by atoms with E-state index in [1.165, 1.54) is 31.2 Å². The second-order valence-electron chi connectivity index (χ2n) is 6.22. The molecule has 1 aliphatic rings. The van der Waals surface area contributed by atoms with Gasteiger partial charge in [0.2, 0.25) is 0 Å². The summed E-state index contributed by atoms with van der Waals surface area (Å²) in [5.41, 5.74) is 7.96. The number of hydrogen-bond donors (Lipinski definition) is 1. The quantitative estimate of drug-likeness (QED) is 0.885. The molecule has 2 atom stereocenters. The van der Waals surface area contributed by atoms with Crippen molar-refractivity contribution in [3.8, 4) is 0 Å². The molecule has 1 aromatic rings. The van der Waals surface area contributed by atoms with Gasteiger partial charge in [-0.25, -0.2) is 0 Å². The standard InChI is InChI=1S/C16H26N2/c1-14-7-6-10-16(17,11-14)13-18(2)12-15-8-4-3-5-9-15/h3-5,8-9,14H,6-7,10-13,17H2,1-2H3. The summed E-state index contributed by atoms with van der Waals surface area (Å²) in [6, 6.07) is 10.6. The van der Waals surface area contributed by atoms with Crippen molar-refractivity contribution >= 4 is 0 Å². The second-order valence-corrected chi connectivity index (χ2v) is 6.22. The zero-order valence-electron chi connectivity index (χ0n) is 11.7. The first-order valence-corrected chi connectivity index (χ1v) is 7.09. The van der Waals surface area contributed by atoms with Gasteiger partial charge in [-0.2, -0.15) is 0 Å². The Labute approximate surface area is 111 Å². The van der Waals surface area contributed by atoms with E-state index >= 15 is 0 Å². The summed E-state index contributed by atoms with van der Waals surface area (Å²) in [6.45, 7) is 4.33. The smallest absolute Gasteiger partial charge is 0.0285 e. The Hall–Kier alpha value is -0.860. The summed E-state index contributed by atoms with van der Waals surface area (Å²) in [5, 5.41) is 0. The van der Waals surface area contributed by atoms with Crippen LogP contribution in [0.25, 0.3) is 0 Å². The summed E-state index contributed by atoms with van der Waals surface area (Å²) < 4.78 is 0. The molecule has 0 saturated heterocycles. The topological polar surface area (TPSA) is 29.3 Å². The fraction of sp³-hybridized carbons (Fsp3) is 0.625. The molecule has 2 rings (SSSR count). The summed E-state index contributed by atoms with van der Waals surface area (Å²) in [6.07, 6.45) is 4.99. The van der Waals surface area contributed by atoms with E-state index in [9.17, 15) is 0 Å². The minimum atomic E-state index is 0.0290. The van der Waals surface area contributed by atoms with Crippen molar-refractivity contribution in [3.63, 3.8) is 0 Å². The Morgan fingerprint density at radius 2 is 2.06 bits per heavy atom. The molecule has 0 amide bonds. The van der Waals surface area contributed by atoms with Crippen LogP contribution >= 0.6 is 0 Å². The third-order valence-electron chi connectivity index (χ3n) is 4.01. The number of likely N-dealkylation sites (N-methyl/N-ethyl adjacent to an activating group) is 1. The summed E-state index contributed by atoms with van der Waals surface area (Å²) in [7, 11) is 2.18. The van der Waals surface area contributed by atoms with E-state index in [2.05, 4.69) is 49.2 Å². The molecule has 0 heterocycles. The first kappa shape index (κ1) is 13.6. The Balaban J connectivity index is 1.88. The zero-order chi connectivity index (χ0) is 13.0. The normalized spacial score (nSPS) is 28.6. The molecule has 0 aliphatic heterocycles. The highest BCUT2D eigenvalue weighted by atomic mass is 15.1. The van der Waals surface area contributed by atoms with E-state index in [0.717, 1.165) is 19.0 Å². The molecule has 100 valence electrons. The second kappa shape index (κ2) is 5.85. The minimum Gasteiger partial charge on any atom is -0.324 e. The fourth-order valence-corrected chi connectivity index (χ4v) is 3.33. The summed E-state index contributed by atoms with van der Waals surface area (Å²) in [5.74, 6) is 0.786. The van der Waals surface area contributed by atoms with Crippen molar-refractivity contribution in [2.45, 2.75) is 44.7 Å². The molecule has 2 nitrogen and oxygen atoms in total. The number of hydrogen-bond acceptors (Lipinski definition) is 2. The lowest BCUT2D eigenvalue weighted by Crippen LogP contribution is -2.51. The van der Waals surface area contributed by atoms with Crippen LogP contribution in [-0.4, -0.2) is 24.0 Å². The number of rotatable bonds is 4. The first-order valence-electron chi connectivity index (χ1n) is 7.09.